The van der Waals surface area contributed by atoms with Gasteiger partial charge in [-0.1, -0.05) is 6.92 Å². The molecule has 0 aliphatic carbocycles. The van der Waals surface area contributed by atoms with Crippen molar-refractivity contribution >= 4 is 0 Å². The van der Waals surface area contributed by atoms with Crippen molar-refractivity contribution in [1.82, 2.24) is 10.3 Å². The Kier molecular flexibility index (Phi) is 4.86. The van der Waals surface area contributed by atoms with Crippen LogP contribution < -0.4 is 5.32 Å². The number of aliphatic hydroxyl groups excluding tert-OH is 2. The maximum absolute atomic E-state index is 9.13. The molecule has 0 amide bonds. The van der Waals surface area contributed by atoms with Crippen LogP contribution in [0.4, 0.5) is 0 Å². The average Bonchev–Trinajstić information content (AvgIpc) is 2.31. The van der Waals surface area contributed by atoms with Crippen molar-refractivity contribution in [3.63, 3.8) is 0 Å². The zero-order valence-electron chi connectivity index (χ0n) is 9.90. The van der Waals surface area contributed by atoms with Gasteiger partial charge in [0.1, 0.15) is 0 Å². The fraction of sp³-hybridized carbons (Fsp3) is 0.583. The van der Waals surface area contributed by atoms with E-state index in [-0.39, 0.29) is 13.2 Å². The molecule has 16 heavy (non-hydrogen) atoms. The summed E-state index contributed by atoms with van der Waals surface area (Å²) in [6.07, 6.45) is 3.59. The van der Waals surface area contributed by atoms with Gasteiger partial charge in [0.05, 0.1) is 13.2 Å². The number of hydrogen-bond acceptors (Lipinski definition) is 4. The van der Waals surface area contributed by atoms with E-state index in [0.717, 1.165) is 12.1 Å². The highest BCUT2D eigenvalue weighted by molar-refractivity contribution is 5.21. The summed E-state index contributed by atoms with van der Waals surface area (Å²) in [5.74, 6) is 0. The van der Waals surface area contributed by atoms with Crippen LogP contribution in [-0.4, -0.2) is 35.0 Å². The lowest BCUT2D eigenvalue weighted by Gasteiger charge is -2.25. The van der Waals surface area contributed by atoms with E-state index < -0.39 is 5.41 Å². The van der Waals surface area contributed by atoms with Gasteiger partial charge in [-0.2, -0.15) is 0 Å². The third kappa shape index (κ3) is 3.56. The standard InChI is InChI=1S/C12H20N2O2/c1-10-5-13-4-3-11(10)6-14-7-12(2,8-15)9-16/h3-5,14-16H,6-9H2,1-2H3. The van der Waals surface area contributed by atoms with Crippen LogP contribution in [0.3, 0.4) is 0 Å². The number of pyridine rings is 1. The lowest BCUT2D eigenvalue weighted by molar-refractivity contribution is 0.0695. The quantitative estimate of drug-likeness (QED) is 0.657. The predicted molar refractivity (Wildman–Crippen MR) is 63.0 cm³/mol. The van der Waals surface area contributed by atoms with Crippen molar-refractivity contribution in [2.75, 3.05) is 19.8 Å². The van der Waals surface area contributed by atoms with Crippen molar-refractivity contribution in [3.8, 4) is 0 Å². The molecule has 0 aliphatic heterocycles. The Morgan fingerprint density at radius 1 is 1.38 bits per heavy atom. The van der Waals surface area contributed by atoms with E-state index in [1.54, 1.807) is 6.20 Å². The minimum atomic E-state index is -0.457. The van der Waals surface area contributed by atoms with Crippen LogP contribution in [0.15, 0.2) is 18.5 Å². The molecule has 4 nitrogen and oxygen atoms in total. The molecular formula is C12H20N2O2. The van der Waals surface area contributed by atoms with Crippen LogP contribution in [0.2, 0.25) is 0 Å². The van der Waals surface area contributed by atoms with Gasteiger partial charge < -0.3 is 15.5 Å². The highest BCUT2D eigenvalue weighted by Crippen LogP contribution is 2.13. The Morgan fingerprint density at radius 3 is 2.62 bits per heavy atom. The minimum absolute atomic E-state index is 0.0220. The summed E-state index contributed by atoms with van der Waals surface area (Å²) < 4.78 is 0. The van der Waals surface area contributed by atoms with E-state index in [2.05, 4.69) is 10.3 Å². The first kappa shape index (κ1) is 13.1. The molecule has 0 bridgehead atoms. The Labute approximate surface area is 96.3 Å². The second-order valence-electron chi connectivity index (χ2n) is 4.53. The predicted octanol–water partition coefficient (Wildman–Crippen LogP) is 0.471. The Morgan fingerprint density at radius 2 is 2.06 bits per heavy atom. The Hall–Kier alpha value is -0.970. The van der Waals surface area contributed by atoms with E-state index in [0.29, 0.717) is 6.54 Å². The number of hydrogen-bond donors (Lipinski definition) is 3. The van der Waals surface area contributed by atoms with Crippen LogP contribution in [0.1, 0.15) is 18.1 Å². The van der Waals surface area contributed by atoms with Gasteiger partial charge in [-0.3, -0.25) is 4.98 Å². The normalized spacial score (nSPS) is 11.8. The maximum Gasteiger partial charge on any atom is 0.0518 e. The molecule has 0 spiro atoms. The second-order valence-corrected chi connectivity index (χ2v) is 4.53. The van der Waals surface area contributed by atoms with Crippen LogP contribution in [0.25, 0.3) is 0 Å². The molecule has 3 N–H and O–H groups in total. The van der Waals surface area contributed by atoms with Crippen molar-refractivity contribution in [3.05, 3.63) is 29.6 Å². The van der Waals surface area contributed by atoms with Gasteiger partial charge in [0.25, 0.3) is 0 Å². The SMILES string of the molecule is Cc1cnccc1CNCC(C)(CO)CO. The number of nitrogens with zero attached hydrogens (tertiary/aromatic N) is 1. The highest BCUT2D eigenvalue weighted by atomic mass is 16.3. The van der Waals surface area contributed by atoms with Gasteiger partial charge in [0.2, 0.25) is 0 Å². The second kappa shape index (κ2) is 5.94. The first-order chi connectivity index (χ1) is 7.61. The van der Waals surface area contributed by atoms with Crippen molar-refractivity contribution in [1.29, 1.82) is 0 Å². The van der Waals surface area contributed by atoms with Gasteiger partial charge in [-0.25, -0.2) is 0 Å². The topological polar surface area (TPSA) is 65.4 Å². The van der Waals surface area contributed by atoms with Gasteiger partial charge in [0.15, 0.2) is 0 Å². The number of rotatable bonds is 6. The summed E-state index contributed by atoms with van der Waals surface area (Å²) >= 11 is 0. The molecule has 0 saturated carbocycles. The molecule has 0 atom stereocenters. The number of aliphatic hydroxyl groups is 2. The van der Waals surface area contributed by atoms with Crippen LogP contribution >= 0.6 is 0 Å². The van der Waals surface area contributed by atoms with E-state index >= 15 is 0 Å². The van der Waals surface area contributed by atoms with Crippen LogP contribution in [-0.2, 0) is 6.54 Å². The molecule has 1 rings (SSSR count). The number of aromatic nitrogens is 1. The first-order valence-corrected chi connectivity index (χ1v) is 5.43. The summed E-state index contributed by atoms with van der Waals surface area (Å²) in [5.41, 5.74) is 1.87. The molecule has 4 heteroatoms. The van der Waals surface area contributed by atoms with Gasteiger partial charge in [-0.15, -0.1) is 0 Å². The maximum atomic E-state index is 9.13. The van der Waals surface area contributed by atoms with Gasteiger partial charge in [0, 0.05) is 30.9 Å². The largest absolute Gasteiger partial charge is 0.396 e. The fourth-order valence-corrected chi connectivity index (χ4v) is 1.36. The lowest BCUT2D eigenvalue weighted by Crippen LogP contribution is -2.37. The molecule has 0 aromatic carbocycles. The summed E-state index contributed by atoms with van der Waals surface area (Å²) in [5, 5.41) is 21.5. The summed E-state index contributed by atoms with van der Waals surface area (Å²) in [6, 6.07) is 1.97. The molecule has 0 unspecified atom stereocenters. The molecule has 1 aromatic heterocycles. The molecule has 0 saturated heterocycles. The third-order valence-electron chi connectivity index (χ3n) is 2.77. The zero-order chi connectivity index (χ0) is 12.0. The molecular weight excluding hydrogens is 204 g/mol. The zero-order valence-corrected chi connectivity index (χ0v) is 9.90. The molecule has 0 aliphatic rings. The lowest BCUT2D eigenvalue weighted by atomic mass is 9.93. The Balaban J connectivity index is 2.44. The van der Waals surface area contributed by atoms with E-state index in [1.165, 1.54) is 5.56 Å². The van der Waals surface area contributed by atoms with Gasteiger partial charge >= 0.3 is 0 Å². The van der Waals surface area contributed by atoms with Crippen molar-refractivity contribution in [2.45, 2.75) is 20.4 Å². The molecule has 1 aromatic rings. The first-order valence-electron chi connectivity index (χ1n) is 5.43. The fourth-order valence-electron chi connectivity index (χ4n) is 1.36. The monoisotopic (exact) mass is 224 g/mol. The van der Waals surface area contributed by atoms with Crippen molar-refractivity contribution in [2.24, 2.45) is 5.41 Å². The van der Waals surface area contributed by atoms with Crippen LogP contribution in [0.5, 0.6) is 0 Å². The smallest absolute Gasteiger partial charge is 0.0518 e. The highest BCUT2D eigenvalue weighted by Gasteiger charge is 2.21. The molecule has 0 radical (unpaired) electrons. The average molecular weight is 224 g/mol. The third-order valence-corrected chi connectivity index (χ3v) is 2.77. The number of aryl methyl sites for hydroxylation is 1. The number of nitrogens with one attached hydrogen (secondary N) is 1. The molecule has 90 valence electrons. The molecule has 0 fully saturated rings. The summed E-state index contributed by atoms with van der Waals surface area (Å²) in [7, 11) is 0. The summed E-state index contributed by atoms with van der Waals surface area (Å²) in [4.78, 5) is 4.03. The summed E-state index contributed by atoms with van der Waals surface area (Å²) in [6.45, 7) is 5.13. The van der Waals surface area contributed by atoms with E-state index in [4.69, 9.17) is 10.2 Å². The minimum Gasteiger partial charge on any atom is -0.396 e. The van der Waals surface area contributed by atoms with Crippen LogP contribution in [0, 0.1) is 12.3 Å². The van der Waals surface area contributed by atoms with Crippen molar-refractivity contribution < 1.29 is 10.2 Å². The Bertz CT molecular complexity index is 325. The van der Waals surface area contributed by atoms with Gasteiger partial charge in [-0.05, 0) is 24.1 Å². The molecule has 1 heterocycles. The van der Waals surface area contributed by atoms with E-state index in [1.807, 2.05) is 26.1 Å². The van der Waals surface area contributed by atoms with E-state index in [9.17, 15) is 0 Å².